The summed E-state index contributed by atoms with van der Waals surface area (Å²) in [4.78, 5) is 12.0. The quantitative estimate of drug-likeness (QED) is 0.754. The van der Waals surface area contributed by atoms with E-state index in [1.165, 1.54) is 0 Å². The van der Waals surface area contributed by atoms with Gasteiger partial charge in [-0.3, -0.25) is 4.79 Å². The predicted octanol–water partition coefficient (Wildman–Crippen LogP) is 1.35. The van der Waals surface area contributed by atoms with Gasteiger partial charge in [-0.15, -0.1) is 0 Å². The largest absolute Gasteiger partial charge is 0.493 e. The molecule has 20 heavy (non-hydrogen) atoms. The lowest BCUT2D eigenvalue weighted by Gasteiger charge is -2.16. The zero-order chi connectivity index (χ0) is 15.0. The van der Waals surface area contributed by atoms with Crippen molar-refractivity contribution in [2.24, 2.45) is 11.7 Å². The van der Waals surface area contributed by atoms with Crippen molar-refractivity contribution >= 4 is 5.91 Å². The van der Waals surface area contributed by atoms with E-state index in [1.807, 2.05) is 25.1 Å². The molecule has 0 radical (unpaired) electrons. The zero-order valence-electron chi connectivity index (χ0n) is 12.4. The molecule has 3 N–H and O–H groups in total. The van der Waals surface area contributed by atoms with E-state index in [9.17, 15) is 4.79 Å². The summed E-state index contributed by atoms with van der Waals surface area (Å²) in [7, 11) is 3.19. The molecule has 0 saturated carbocycles. The van der Waals surface area contributed by atoms with Gasteiger partial charge >= 0.3 is 0 Å². The van der Waals surface area contributed by atoms with Gasteiger partial charge in [-0.25, -0.2) is 0 Å². The Morgan fingerprint density at radius 3 is 2.55 bits per heavy atom. The highest BCUT2D eigenvalue weighted by Gasteiger charge is 2.17. The van der Waals surface area contributed by atoms with Gasteiger partial charge < -0.3 is 20.5 Å². The lowest BCUT2D eigenvalue weighted by molar-refractivity contribution is -0.124. The SMILES string of the molecule is CCCNC(=O)C(CN)Cc1ccc(OC)c(OC)c1. The van der Waals surface area contributed by atoms with Crippen molar-refractivity contribution in [1.82, 2.24) is 5.32 Å². The molecule has 1 aromatic rings. The summed E-state index contributed by atoms with van der Waals surface area (Å²) in [6.07, 6.45) is 1.51. The first kappa shape index (κ1) is 16.3. The smallest absolute Gasteiger partial charge is 0.224 e. The van der Waals surface area contributed by atoms with Crippen LogP contribution < -0.4 is 20.5 Å². The third-order valence-corrected chi connectivity index (χ3v) is 3.13. The molecule has 0 saturated heterocycles. The average molecular weight is 280 g/mol. The molecule has 1 unspecified atom stereocenters. The number of amides is 1. The Labute approximate surface area is 120 Å². The number of ether oxygens (including phenoxy) is 2. The lowest BCUT2D eigenvalue weighted by Crippen LogP contribution is -2.36. The van der Waals surface area contributed by atoms with Crippen molar-refractivity contribution in [2.45, 2.75) is 19.8 Å². The van der Waals surface area contributed by atoms with Crippen LogP contribution in [0.2, 0.25) is 0 Å². The van der Waals surface area contributed by atoms with Gasteiger partial charge in [0.25, 0.3) is 0 Å². The summed E-state index contributed by atoms with van der Waals surface area (Å²) < 4.78 is 10.5. The first-order valence-electron chi connectivity index (χ1n) is 6.84. The van der Waals surface area contributed by atoms with Crippen LogP contribution in [0.4, 0.5) is 0 Å². The summed E-state index contributed by atoms with van der Waals surface area (Å²) in [5, 5.41) is 2.88. The van der Waals surface area contributed by atoms with Crippen LogP contribution in [-0.4, -0.2) is 33.2 Å². The molecule has 0 heterocycles. The van der Waals surface area contributed by atoms with Crippen LogP contribution in [0.5, 0.6) is 11.5 Å². The third kappa shape index (κ3) is 4.42. The Bertz CT molecular complexity index is 435. The van der Waals surface area contributed by atoms with Crippen molar-refractivity contribution in [3.8, 4) is 11.5 Å². The number of nitrogens with one attached hydrogen (secondary N) is 1. The lowest BCUT2D eigenvalue weighted by atomic mass is 9.98. The molecule has 5 nitrogen and oxygen atoms in total. The van der Waals surface area contributed by atoms with Gasteiger partial charge in [0.2, 0.25) is 5.91 Å². The number of hydrogen-bond donors (Lipinski definition) is 2. The maximum absolute atomic E-state index is 12.0. The topological polar surface area (TPSA) is 73.6 Å². The number of hydrogen-bond acceptors (Lipinski definition) is 4. The fourth-order valence-corrected chi connectivity index (χ4v) is 1.97. The van der Waals surface area contributed by atoms with Crippen LogP contribution in [-0.2, 0) is 11.2 Å². The number of benzene rings is 1. The highest BCUT2D eigenvalue weighted by molar-refractivity contribution is 5.79. The first-order valence-corrected chi connectivity index (χ1v) is 6.84. The molecular formula is C15H24N2O3. The molecule has 1 atom stereocenters. The number of carbonyl (C=O) groups is 1. The minimum absolute atomic E-state index is 0.00383. The zero-order valence-corrected chi connectivity index (χ0v) is 12.4. The van der Waals surface area contributed by atoms with Gasteiger partial charge in [-0.1, -0.05) is 13.0 Å². The van der Waals surface area contributed by atoms with Crippen molar-refractivity contribution < 1.29 is 14.3 Å². The molecule has 0 aliphatic heterocycles. The second-order valence-electron chi connectivity index (χ2n) is 4.62. The van der Waals surface area contributed by atoms with Crippen LogP contribution in [0.25, 0.3) is 0 Å². The maximum Gasteiger partial charge on any atom is 0.224 e. The monoisotopic (exact) mass is 280 g/mol. The Kier molecular flexibility index (Phi) is 6.87. The Morgan fingerprint density at radius 2 is 2.00 bits per heavy atom. The number of carbonyl (C=O) groups excluding carboxylic acids is 1. The molecule has 0 aliphatic carbocycles. The number of methoxy groups -OCH3 is 2. The normalized spacial score (nSPS) is 11.8. The van der Waals surface area contributed by atoms with E-state index in [-0.39, 0.29) is 11.8 Å². The predicted molar refractivity (Wildman–Crippen MR) is 79.1 cm³/mol. The Morgan fingerprint density at radius 1 is 1.30 bits per heavy atom. The molecule has 112 valence electrons. The number of nitrogens with two attached hydrogens (primary N) is 1. The summed E-state index contributed by atoms with van der Waals surface area (Å²) in [5.41, 5.74) is 6.71. The molecule has 0 spiro atoms. The molecule has 0 aliphatic rings. The Hall–Kier alpha value is -1.75. The first-order chi connectivity index (χ1) is 9.65. The van der Waals surface area contributed by atoms with E-state index in [0.29, 0.717) is 31.0 Å². The van der Waals surface area contributed by atoms with Crippen LogP contribution in [0.15, 0.2) is 18.2 Å². The second kappa shape index (κ2) is 8.43. The van der Waals surface area contributed by atoms with Gasteiger partial charge in [0.05, 0.1) is 20.1 Å². The maximum atomic E-state index is 12.0. The molecule has 1 amide bonds. The van der Waals surface area contributed by atoms with E-state index in [4.69, 9.17) is 15.2 Å². The summed E-state index contributed by atoms with van der Waals surface area (Å²) in [6, 6.07) is 5.65. The minimum atomic E-state index is -0.223. The summed E-state index contributed by atoms with van der Waals surface area (Å²) in [5.74, 6) is 1.12. The second-order valence-corrected chi connectivity index (χ2v) is 4.62. The molecule has 0 bridgehead atoms. The van der Waals surface area contributed by atoms with E-state index in [2.05, 4.69) is 5.32 Å². The van der Waals surface area contributed by atoms with Crippen LogP contribution >= 0.6 is 0 Å². The molecule has 1 rings (SSSR count). The fourth-order valence-electron chi connectivity index (χ4n) is 1.97. The van der Waals surface area contributed by atoms with E-state index in [1.54, 1.807) is 14.2 Å². The highest BCUT2D eigenvalue weighted by Crippen LogP contribution is 2.28. The minimum Gasteiger partial charge on any atom is -0.493 e. The average Bonchev–Trinajstić information content (AvgIpc) is 2.49. The number of rotatable bonds is 8. The van der Waals surface area contributed by atoms with Gasteiger partial charge in [0.1, 0.15) is 0 Å². The molecule has 5 heteroatoms. The van der Waals surface area contributed by atoms with Crippen molar-refractivity contribution in [3.63, 3.8) is 0 Å². The highest BCUT2D eigenvalue weighted by atomic mass is 16.5. The summed E-state index contributed by atoms with van der Waals surface area (Å²) in [6.45, 7) is 3.03. The molecule has 1 aromatic carbocycles. The van der Waals surface area contributed by atoms with Crippen molar-refractivity contribution in [1.29, 1.82) is 0 Å². The standard InChI is InChI=1S/C15H24N2O3/c1-4-7-17-15(18)12(10-16)8-11-5-6-13(19-2)14(9-11)20-3/h5-6,9,12H,4,7-8,10,16H2,1-3H3,(H,17,18). The van der Waals surface area contributed by atoms with Gasteiger partial charge in [0, 0.05) is 13.1 Å². The third-order valence-electron chi connectivity index (χ3n) is 3.13. The van der Waals surface area contributed by atoms with Gasteiger partial charge in [-0.2, -0.15) is 0 Å². The van der Waals surface area contributed by atoms with Crippen LogP contribution in [0.1, 0.15) is 18.9 Å². The van der Waals surface area contributed by atoms with Gasteiger partial charge in [-0.05, 0) is 30.5 Å². The summed E-state index contributed by atoms with van der Waals surface area (Å²) >= 11 is 0. The molecular weight excluding hydrogens is 256 g/mol. The molecule has 0 fully saturated rings. The van der Waals surface area contributed by atoms with E-state index in [0.717, 1.165) is 12.0 Å². The van der Waals surface area contributed by atoms with Crippen molar-refractivity contribution in [3.05, 3.63) is 23.8 Å². The van der Waals surface area contributed by atoms with E-state index < -0.39 is 0 Å². The fraction of sp³-hybridized carbons (Fsp3) is 0.533. The van der Waals surface area contributed by atoms with E-state index >= 15 is 0 Å². The van der Waals surface area contributed by atoms with Crippen LogP contribution in [0, 0.1) is 5.92 Å². The van der Waals surface area contributed by atoms with Gasteiger partial charge in [0.15, 0.2) is 11.5 Å². The Balaban J connectivity index is 2.77. The molecule has 0 aromatic heterocycles. The van der Waals surface area contributed by atoms with Crippen LogP contribution in [0.3, 0.4) is 0 Å². The van der Waals surface area contributed by atoms with Crippen molar-refractivity contribution in [2.75, 3.05) is 27.3 Å².